The van der Waals surface area contributed by atoms with E-state index in [-0.39, 0.29) is 12.0 Å². The molecule has 5 rings (SSSR count). The number of nitrogens with two attached hydrogens (primary N) is 1. The molecule has 0 bridgehead atoms. The molecule has 4 N–H and O–H groups in total. The molecule has 204 valence electrons. The average molecular weight is 548 g/mol. The predicted octanol–water partition coefficient (Wildman–Crippen LogP) is 4.87. The molecule has 1 unspecified atom stereocenters. The minimum Gasteiger partial charge on any atom is -0.484 e. The van der Waals surface area contributed by atoms with Gasteiger partial charge >= 0.3 is 0 Å². The molecule has 0 radical (unpaired) electrons. The largest absolute Gasteiger partial charge is 0.484 e. The number of hydrogen-bond acceptors (Lipinski definition) is 6. The van der Waals surface area contributed by atoms with Crippen molar-refractivity contribution in [2.45, 2.75) is 32.3 Å². The SMILES string of the molecule is CC1(C)CN(CC/C=C2\C3=CC=CNC3=COc3ccc(OCC(N)=O)cc32)CCC1(O)c1ccc(Cl)cc1. The van der Waals surface area contributed by atoms with Gasteiger partial charge < -0.3 is 30.5 Å². The quantitative estimate of drug-likeness (QED) is 0.457. The lowest BCUT2D eigenvalue weighted by Crippen LogP contribution is -2.55. The molecular formula is C31H34ClN3O4. The van der Waals surface area contributed by atoms with Crippen molar-refractivity contribution >= 4 is 23.1 Å². The number of dihydropyridines is 1. The fourth-order valence-corrected chi connectivity index (χ4v) is 5.73. The molecule has 0 aromatic heterocycles. The first-order chi connectivity index (χ1) is 18.7. The minimum atomic E-state index is -0.921. The van der Waals surface area contributed by atoms with E-state index in [4.69, 9.17) is 26.8 Å². The first kappa shape index (κ1) is 27.1. The molecular weight excluding hydrogens is 514 g/mol. The van der Waals surface area contributed by atoms with Crippen molar-refractivity contribution in [3.63, 3.8) is 0 Å². The smallest absolute Gasteiger partial charge is 0.255 e. The van der Waals surface area contributed by atoms with Crippen molar-refractivity contribution in [3.8, 4) is 11.5 Å². The number of piperidine rings is 1. The van der Waals surface area contributed by atoms with Gasteiger partial charge in [0, 0.05) is 47.4 Å². The van der Waals surface area contributed by atoms with Gasteiger partial charge in [-0.25, -0.2) is 0 Å². The summed E-state index contributed by atoms with van der Waals surface area (Å²) in [5.74, 6) is 0.715. The summed E-state index contributed by atoms with van der Waals surface area (Å²) < 4.78 is 11.6. The maximum absolute atomic E-state index is 11.7. The molecule has 0 saturated carbocycles. The number of rotatable bonds is 7. The van der Waals surface area contributed by atoms with Crippen molar-refractivity contribution in [1.29, 1.82) is 0 Å². The van der Waals surface area contributed by atoms with E-state index in [0.29, 0.717) is 22.9 Å². The van der Waals surface area contributed by atoms with E-state index in [2.05, 4.69) is 36.2 Å². The minimum absolute atomic E-state index is 0.192. The summed E-state index contributed by atoms with van der Waals surface area (Å²) in [5, 5.41) is 15.7. The Morgan fingerprint density at radius 1 is 1.26 bits per heavy atom. The fourth-order valence-electron chi connectivity index (χ4n) is 5.61. The molecule has 1 fully saturated rings. The van der Waals surface area contributed by atoms with Crippen molar-refractivity contribution in [2.75, 3.05) is 26.2 Å². The third-order valence-electron chi connectivity index (χ3n) is 7.75. The number of likely N-dealkylation sites (tertiary alicyclic amines) is 1. The highest BCUT2D eigenvalue weighted by Crippen LogP contribution is 2.46. The van der Waals surface area contributed by atoms with Crippen LogP contribution in [0.1, 0.15) is 37.8 Å². The molecule has 1 saturated heterocycles. The van der Waals surface area contributed by atoms with Gasteiger partial charge in [-0.15, -0.1) is 0 Å². The Kier molecular flexibility index (Phi) is 7.58. The number of hydrogen-bond donors (Lipinski definition) is 3. The van der Waals surface area contributed by atoms with Crippen LogP contribution in [0.4, 0.5) is 0 Å². The van der Waals surface area contributed by atoms with Gasteiger partial charge in [0.25, 0.3) is 5.91 Å². The van der Waals surface area contributed by atoms with Gasteiger partial charge in [-0.3, -0.25) is 4.79 Å². The molecule has 2 aromatic rings. The number of fused-ring (bicyclic) bond motifs is 2. The summed E-state index contributed by atoms with van der Waals surface area (Å²) in [6.45, 7) is 6.45. The van der Waals surface area contributed by atoms with Gasteiger partial charge in [0.1, 0.15) is 17.8 Å². The fraction of sp³-hybridized carbons (Fsp3) is 0.323. The number of amides is 1. The van der Waals surface area contributed by atoms with E-state index in [9.17, 15) is 9.90 Å². The van der Waals surface area contributed by atoms with Crippen LogP contribution in [-0.2, 0) is 10.4 Å². The van der Waals surface area contributed by atoms with Crippen LogP contribution in [0, 0.1) is 5.41 Å². The van der Waals surface area contributed by atoms with Crippen LogP contribution >= 0.6 is 11.6 Å². The Balaban J connectivity index is 1.36. The molecule has 0 spiro atoms. The van der Waals surface area contributed by atoms with Gasteiger partial charge in [0.2, 0.25) is 0 Å². The summed E-state index contributed by atoms with van der Waals surface area (Å²) in [6, 6.07) is 13.0. The number of carbonyl (C=O) groups is 1. The van der Waals surface area contributed by atoms with Gasteiger partial charge in [-0.05, 0) is 60.4 Å². The molecule has 1 atom stereocenters. The van der Waals surface area contributed by atoms with E-state index in [1.807, 2.05) is 48.7 Å². The van der Waals surface area contributed by atoms with Crippen molar-refractivity contribution in [2.24, 2.45) is 11.1 Å². The van der Waals surface area contributed by atoms with Crippen molar-refractivity contribution < 1.29 is 19.4 Å². The highest BCUT2D eigenvalue weighted by molar-refractivity contribution is 6.30. The van der Waals surface area contributed by atoms with Gasteiger partial charge in [-0.2, -0.15) is 0 Å². The van der Waals surface area contributed by atoms with Crippen LogP contribution in [-0.4, -0.2) is 42.2 Å². The second-order valence-electron chi connectivity index (χ2n) is 10.8. The number of aliphatic hydroxyl groups is 1. The molecule has 1 amide bonds. The van der Waals surface area contributed by atoms with Crippen LogP contribution in [0.5, 0.6) is 11.5 Å². The Hall–Kier alpha value is -3.52. The summed E-state index contributed by atoms with van der Waals surface area (Å²) in [7, 11) is 0. The van der Waals surface area contributed by atoms with E-state index >= 15 is 0 Å². The second-order valence-corrected chi connectivity index (χ2v) is 11.3. The normalized spacial score (nSPS) is 22.9. The van der Waals surface area contributed by atoms with E-state index < -0.39 is 11.5 Å². The topological polar surface area (TPSA) is 97.0 Å². The predicted molar refractivity (Wildman–Crippen MR) is 153 cm³/mol. The van der Waals surface area contributed by atoms with E-state index in [0.717, 1.165) is 54.0 Å². The average Bonchev–Trinajstić information content (AvgIpc) is 3.06. The van der Waals surface area contributed by atoms with Crippen LogP contribution < -0.4 is 20.5 Å². The number of allylic oxidation sites excluding steroid dienone is 3. The maximum atomic E-state index is 11.7. The first-order valence-corrected chi connectivity index (χ1v) is 13.5. The second kappa shape index (κ2) is 10.9. The summed E-state index contributed by atoms with van der Waals surface area (Å²) in [4.78, 5) is 13.7. The molecule has 39 heavy (non-hydrogen) atoms. The number of primary amides is 1. The number of benzene rings is 2. The number of halogens is 1. The number of carbonyl (C=O) groups excluding carboxylic acids is 1. The highest BCUT2D eigenvalue weighted by atomic mass is 35.5. The molecule has 7 nitrogen and oxygen atoms in total. The Labute approximate surface area is 234 Å². The third-order valence-corrected chi connectivity index (χ3v) is 8.00. The lowest BCUT2D eigenvalue weighted by Gasteiger charge is -2.50. The Morgan fingerprint density at radius 3 is 2.79 bits per heavy atom. The van der Waals surface area contributed by atoms with Gasteiger partial charge in [0.05, 0.1) is 11.3 Å². The first-order valence-electron chi connectivity index (χ1n) is 13.1. The molecule has 2 aromatic carbocycles. The van der Waals surface area contributed by atoms with Crippen molar-refractivity contribution in [1.82, 2.24) is 10.2 Å². The lowest BCUT2D eigenvalue weighted by atomic mass is 9.66. The van der Waals surface area contributed by atoms with Crippen LogP contribution in [0.2, 0.25) is 5.02 Å². The van der Waals surface area contributed by atoms with Gasteiger partial charge in [0.15, 0.2) is 6.61 Å². The van der Waals surface area contributed by atoms with E-state index in [1.54, 1.807) is 12.3 Å². The van der Waals surface area contributed by atoms with E-state index in [1.165, 1.54) is 0 Å². The zero-order valence-corrected chi connectivity index (χ0v) is 23.0. The zero-order valence-electron chi connectivity index (χ0n) is 22.2. The van der Waals surface area contributed by atoms with Crippen LogP contribution in [0.15, 0.2) is 84.4 Å². The summed E-state index contributed by atoms with van der Waals surface area (Å²) >= 11 is 6.09. The standard InChI is InChI=1S/C31H34ClN3O4/c1-30(2)20-35(16-13-31(30,37)21-7-9-22(32)10-8-21)15-4-6-24-25-5-3-14-34-27(25)18-39-28-12-11-23(17-26(24)28)38-19-29(33)36/h3,5-12,14,17-18,34,37H,4,13,15-16,19-20H2,1-2H3,(H2,33,36)/b24-6+. The monoisotopic (exact) mass is 547 g/mol. The molecule has 3 heterocycles. The molecule has 3 aliphatic rings. The lowest BCUT2D eigenvalue weighted by molar-refractivity contribution is -0.125. The Morgan fingerprint density at radius 2 is 2.05 bits per heavy atom. The number of nitrogens with zero attached hydrogens (tertiary/aromatic N) is 1. The number of nitrogens with one attached hydrogen (secondary N) is 1. The zero-order chi connectivity index (χ0) is 27.6. The maximum Gasteiger partial charge on any atom is 0.255 e. The Bertz CT molecular complexity index is 1380. The summed E-state index contributed by atoms with van der Waals surface area (Å²) in [5.41, 5.74) is 8.69. The third kappa shape index (κ3) is 5.62. The molecule has 8 heteroatoms. The summed E-state index contributed by atoms with van der Waals surface area (Å²) in [6.07, 6.45) is 11.3. The molecule has 3 aliphatic heterocycles. The van der Waals surface area contributed by atoms with Crippen LogP contribution in [0.3, 0.4) is 0 Å². The highest BCUT2D eigenvalue weighted by Gasteiger charge is 2.48. The van der Waals surface area contributed by atoms with Gasteiger partial charge in [-0.1, -0.05) is 49.7 Å². The van der Waals surface area contributed by atoms with Crippen LogP contribution in [0.25, 0.3) is 5.57 Å². The van der Waals surface area contributed by atoms with Crippen molar-refractivity contribution in [3.05, 3.63) is 101 Å². The number of ether oxygens (including phenoxy) is 2. The molecule has 0 aliphatic carbocycles.